The minimum Gasteiger partial charge on any atom is -0.444 e. The third kappa shape index (κ3) is 21.0. The van der Waals surface area contributed by atoms with Gasteiger partial charge in [-0.1, -0.05) is 0 Å². The summed E-state index contributed by atoms with van der Waals surface area (Å²) in [5.41, 5.74) is -5.87. The van der Waals surface area contributed by atoms with E-state index in [-0.39, 0.29) is 41.5 Å². The lowest BCUT2D eigenvalue weighted by Gasteiger charge is -2.28. The van der Waals surface area contributed by atoms with Gasteiger partial charge in [0, 0.05) is 50.5 Å². The number of pyridine rings is 4. The fraction of sp³-hybridized carbons (Fsp3) is 0.564. The molecule has 4 aliphatic rings. The van der Waals surface area contributed by atoms with Gasteiger partial charge in [-0.05, 0) is 111 Å². The highest BCUT2D eigenvalue weighted by Crippen LogP contribution is 2.44. The number of rotatable bonds is 4. The fourth-order valence-corrected chi connectivity index (χ4v) is 8.67. The van der Waals surface area contributed by atoms with Gasteiger partial charge in [0.05, 0.1) is 95.4 Å². The minimum atomic E-state index is -4.57. The molecule has 0 saturated carbocycles. The molecule has 0 aliphatic carbocycles. The van der Waals surface area contributed by atoms with Crippen LogP contribution in [0, 0.1) is 0 Å². The second-order valence-corrected chi connectivity index (χ2v) is 23.6. The van der Waals surface area contributed by atoms with Crippen molar-refractivity contribution in [1.82, 2.24) is 40.0 Å². The van der Waals surface area contributed by atoms with E-state index in [0.29, 0.717) is 24.8 Å². The van der Waals surface area contributed by atoms with Crippen molar-refractivity contribution in [2.24, 2.45) is 0 Å². The zero-order valence-corrected chi connectivity index (χ0v) is 48.2. The van der Waals surface area contributed by atoms with Crippen LogP contribution < -0.4 is 5.32 Å². The Morgan fingerprint density at radius 1 is 0.443 bits per heavy atom. The van der Waals surface area contributed by atoms with Gasteiger partial charge in [0.15, 0.2) is 5.78 Å². The van der Waals surface area contributed by atoms with Gasteiger partial charge in [0.25, 0.3) is 17.8 Å². The Kier molecular flexibility index (Phi) is 21.2. The monoisotopic (exact) mass is 1290 g/mol. The zero-order valence-electron chi connectivity index (χ0n) is 48.2. The Morgan fingerprint density at radius 2 is 0.739 bits per heavy atom. The summed E-state index contributed by atoms with van der Waals surface area (Å²) in [4.78, 5) is 65.5. The first kappa shape index (κ1) is 71.5. The van der Waals surface area contributed by atoms with Crippen LogP contribution in [0.3, 0.4) is 0 Å². The van der Waals surface area contributed by atoms with Gasteiger partial charge < -0.3 is 19.5 Å². The van der Waals surface area contributed by atoms with Crippen LogP contribution in [0.5, 0.6) is 0 Å². The zero-order chi connectivity index (χ0) is 66.8. The SMILES string of the molecule is CC(C)(C)OC(=O)N1CC(=O)CC1c1ccc(C(F)(F)F)cn1.CC(C)(C)OC(=O)N1CC(F)(F)CC1c1ccc(C(F)(F)F)cn1.CC(C)(C)OC(=O)N1CC(F)(F)C[C@@H]1c1ccc(C(F)(F)F)cn1.FC1(F)CN[C@@H](c2ccc(C(F)(F)F)cn2)C1. The number of carbonyl (C=O) groups excluding carboxylic acids is 4. The molecule has 4 aliphatic heterocycles. The molecular formula is C55H60F18N8O7. The second kappa shape index (κ2) is 26.1. The number of carbonyl (C=O) groups is 4. The van der Waals surface area contributed by atoms with E-state index in [1.54, 1.807) is 62.3 Å². The quantitative estimate of drug-likeness (QED) is 0.152. The van der Waals surface area contributed by atoms with Gasteiger partial charge in [-0.2, -0.15) is 52.7 Å². The van der Waals surface area contributed by atoms with E-state index in [9.17, 15) is 98.2 Å². The van der Waals surface area contributed by atoms with Crippen LogP contribution in [-0.4, -0.2) is 119 Å². The number of ether oxygens (including phenoxy) is 3. The first-order valence-corrected chi connectivity index (χ1v) is 26.3. The molecule has 0 spiro atoms. The van der Waals surface area contributed by atoms with E-state index >= 15 is 0 Å². The van der Waals surface area contributed by atoms with E-state index in [1.807, 2.05) is 0 Å². The number of nitrogens with zero attached hydrogens (tertiary/aromatic N) is 7. The summed E-state index contributed by atoms with van der Waals surface area (Å²) in [6.07, 6.45) is -20.0. The van der Waals surface area contributed by atoms with E-state index < -0.39 is 163 Å². The summed E-state index contributed by atoms with van der Waals surface area (Å²) in [6.45, 7) is 12.3. The standard InChI is InChI=1S/2C15H17F5N2O2.C15H17F3N2O3.C10H9F5N2/c2*1-13(2,3)24-12(23)22-8-14(16,17)6-11(22)10-5-4-9(7-21-10)15(18,19)20;1-14(2,3)23-13(22)20-8-10(21)6-12(20)11-5-4-9(7-19-11)15(16,17)18;11-9(12)3-8(17-5-9)7-2-1-6(4-16-7)10(13,14)15/h2*4-5,7,11H,6,8H2,1-3H3;4-5,7,12H,6,8H2,1-3H3;1-2,4,8,17H,3,5H2/t11-;;;8-/m1..1/s1. The number of likely N-dealkylation sites (tertiary alicyclic amines) is 3. The lowest BCUT2D eigenvalue weighted by molar-refractivity contribution is -0.138. The summed E-state index contributed by atoms with van der Waals surface area (Å²) in [5.74, 6) is -9.34. The molecule has 2 unspecified atom stereocenters. The maximum absolute atomic E-state index is 13.7. The van der Waals surface area contributed by atoms with E-state index in [0.717, 1.165) is 52.3 Å². The molecule has 4 aromatic heterocycles. The number of hydrogen-bond acceptors (Lipinski definition) is 12. The van der Waals surface area contributed by atoms with Crippen LogP contribution in [0.2, 0.25) is 0 Å². The molecule has 488 valence electrons. The average Bonchev–Trinajstić information content (AvgIpc) is 3.15. The Labute approximate surface area is 491 Å². The molecule has 4 aromatic rings. The van der Waals surface area contributed by atoms with Crippen LogP contribution in [0.25, 0.3) is 0 Å². The predicted molar refractivity (Wildman–Crippen MR) is 273 cm³/mol. The molecule has 33 heteroatoms. The van der Waals surface area contributed by atoms with Crippen LogP contribution in [0.4, 0.5) is 93.4 Å². The number of Topliss-reactive ketones (excluding diaryl/α,β-unsaturated/α-hetero) is 1. The summed E-state index contributed by atoms with van der Waals surface area (Å²) in [5, 5.41) is 2.53. The number of aromatic nitrogens is 4. The molecule has 88 heavy (non-hydrogen) atoms. The van der Waals surface area contributed by atoms with Crippen LogP contribution >= 0.6 is 0 Å². The third-order valence-electron chi connectivity index (χ3n) is 12.5. The van der Waals surface area contributed by atoms with Crippen molar-refractivity contribution in [2.75, 3.05) is 26.2 Å². The highest BCUT2D eigenvalue weighted by molar-refractivity contribution is 5.88. The molecular weight excluding hydrogens is 1230 g/mol. The maximum Gasteiger partial charge on any atom is 0.417 e. The molecule has 0 aromatic carbocycles. The molecule has 0 radical (unpaired) electrons. The predicted octanol–water partition coefficient (Wildman–Crippen LogP) is 15.0. The van der Waals surface area contributed by atoms with E-state index in [4.69, 9.17) is 14.2 Å². The summed E-state index contributed by atoms with van der Waals surface area (Å²) >= 11 is 0. The van der Waals surface area contributed by atoms with Crippen molar-refractivity contribution in [3.63, 3.8) is 0 Å². The lowest BCUT2D eigenvalue weighted by atomic mass is 10.1. The van der Waals surface area contributed by atoms with Gasteiger partial charge in [0.1, 0.15) is 16.8 Å². The normalized spacial score (nSPS) is 21.1. The van der Waals surface area contributed by atoms with Gasteiger partial charge in [0.2, 0.25) is 0 Å². The molecule has 15 nitrogen and oxygen atoms in total. The van der Waals surface area contributed by atoms with Crippen LogP contribution in [-0.2, 0) is 43.7 Å². The topological polar surface area (TPSA) is 169 Å². The van der Waals surface area contributed by atoms with Crippen molar-refractivity contribution in [3.05, 3.63) is 118 Å². The lowest BCUT2D eigenvalue weighted by Crippen LogP contribution is -2.38. The molecule has 4 fully saturated rings. The summed E-state index contributed by atoms with van der Waals surface area (Å²) in [7, 11) is 0. The van der Waals surface area contributed by atoms with Gasteiger partial charge in [-0.3, -0.25) is 39.4 Å². The van der Waals surface area contributed by atoms with Gasteiger partial charge >= 0.3 is 43.0 Å². The highest BCUT2D eigenvalue weighted by Gasteiger charge is 2.51. The molecule has 8 heterocycles. The Balaban J connectivity index is 0.000000215. The van der Waals surface area contributed by atoms with Crippen molar-refractivity contribution in [1.29, 1.82) is 0 Å². The Hall–Kier alpha value is -7.22. The van der Waals surface area contributed by atoms with Crippen molar-refractivity contribution in [2.45, 2.75) is 171 Å². The smallest absolute Gasteiger partial charge is 0.417 e. The number of hydrogen-bond donors (Lipinski definition) is 1. The van der Waals surface area contributed by atoms with Crippen LogP contribution in [0.15, 0.2) is 73.3 Å². The molecule has 8 rings (SSSR count). The fourth-order valence-electron chi connectivity index (χ4n) is 8.67. The maximum atomic E-state index is 13.7. The largest absolute Gasteiger partial charge is 0.444 e. The number of amides is 3. The Morgan fingerprint density at radius 3 is 1.00 bits per heavy atom. The number of halogens is 18. The van der Waals surface area contributed by atoms with Gasteiger partial charge in [-0.15, -0.1) is 0 Å². The molecule has 3 amide bonds. The molecule has 0 bridgehead atoms. The second-order valence-electron chi connectivity index (χ2n) is 23.6. The van der Waals surface area contributed by atoms with Gasteiger partial charge in [-0.25, -0.2) is 40.7 Å². The average molecular weight is 1290 g/mol. The first-order chi connectivity index (χ1) is 39.8. The number of nitrogens with one attached hydrogen (secondary N) is 1. The molecule has 1 N–H and O–H groups in total. The van der Waals surface area contributed by atoms with Crippen LogP contribution in [0.1, 0.15) is 157 Å². The summed E-state index contributed by atoms with van der Waals surface area (Å²) < 4.78 is 246. The minimum absolute atomic E-state index is 0.0115. The first-order valence-electron chi connectivity index (χ1n) is 26.3. The molecule has 4 atom stereocenters. The number of alkyl halides is 18. The van der Waals surface area contributed by atoms with Crippen molar-refractivity contribution >= 4 is 24.1 Å². The van der Waals surface area contributed by atoms with E-state index in [1.165, 1.54) is 11.0 Å². The Bertz CT molecular complexity index is 2920. The highest BCUT2D eigenvalue weighted by atomic mass is 19.4. The van der Waals surface area contributed by atoms with E-state index in [2.05, 4.69) is 25.3 Å². The van der Waals surface area contributed by atoms with Crippen molar-refractivity contribution < 1.29 is 112 Å². The van der Waals surface area contributed by atoms with Crippen molar-refractivity contribution in [3.8, 4) is 0 Å². The summed E-state index contributed by atoms with van der Waals surface area (Å²) in [6, 6.07) is 3.89. The molecule has 4 saturated heterocycles. The third-order valence-corrected chi connectivity index (χ3v) is 12.5. The number of ketones is 1.